The van der Waals surface area contributed by atoms with Gasteiger partial charge >= 0.3 is 6.03 Å². The first-order valence-electron chi connectivity index (χ1n) is 7.31. The number of urea groups is 1. The van der Waals surface area contributed by atoms with Crippen molar-refractivity contribution in [1.82, 2.24) is 5.32 Å². The maximum Gasteiger partial charge on any atom is 0.319 e. The van der Waals surface area contributed by atoms with Crippen molar-refractivity contribution in [3.05, 3.63) is 59.4 Å². The summed E-state index contributed by atoms with van der Waals surface area (Å²) in [7, 11) is -3.31. The molecule has 0 saturated carbocycles. The molecule has 0 aliphatic heterocycles. The molecule has 0 spiro atoms. The Morgan fingerprint density at radius 3 is 2.42 bits per heavy atom. The van der Waals surface area contributed by atoms with E-state index in [-0.39, 0.29) is 4.90 Å². The predicted octanol–water partition coefficient (Wildman–Crippen LogP) is 3.42. The molecule has 2 N–H and O–H groups in total. The molecule has 0 bridgehead atoms. The zero-order chi connectivity index (χ0) is 17.9. The summed E-state index contributed by atoms with van der Waals surface area (Å²) in [6, 6.07) is 9.73. The van der Waals surface area contributed by atoms with Crippen LogP contribution in [0.15, 0.2) is 47.4 Å². The van der Waals surface area contributed by atoms with E-state index in [1.54, 1.807) is 38.1 Å². The van der Waals surface area contributed by atoms with E-state index in [0.717, 1.165) is 6.26 Å². The van der Waals surface area contributed by atoms with E-state index in [9.17, 15) is 17.6 Å². The normalized spacial score (nSPS) is 12.5. The number of halogens is 1. The van der Waals surface area contributed by atoms with Crippen LogP contribution >= 0.6 is 0 Å². The molecule has 0 radical (unpaired) electrons. The van der Waals surface area contributed by atoms with Crippen molar-refractivity contribution in [2.75, 3.05) is 11.6 Å². The quantitative estimate of drug-likeness (QED) is 0.887. The van der Waals surface area contributed by atoms with Crippen molar-refractivity contribution in [2.45, 2.75) is 24.8 Å². The Morgan fingerprint density at radius 2 is 1.83 bits per heavy atom. The number of amides is 2. The van der Waals surface area contributed by atoms with E-state index < -0.39 is 27.7 Å². The average molecular weight is 350 g/mol. The van der Waals surface area contributed by atoms with Gasteiger partial charge in [0, 0.05) is 17.5 Å². The highest BCUT2D eigenvalue weighted by molar-refractivity contribution is 7.90. The lowest BCUT2D eigenvalue weighted by atomic mass is 10.1. The summed E-state index contributed by atoms with van der Waals surface area (Å²) in [5.74, 6) is -0.390. The first-order valence-corrected chi connectivity index (χ1v) is 9.20. The first kappa shape index (κ1) is 17.9. The summed E-state index contributed by atoms with van der Waals surface area (Å²) in [6.07, 6.45) is 1.13. The summed E-state index contributed by atoms with van der Waals surface area (Å²) < 4.78 is 36.9. The number of carbonyl (C=O) groups is 1. The average Bonchev–Trinajstić information content (AvgIpc) is 2.46. The third-order valence-electron chi connectivity index (χ3n) is 3.55. The minimum Gasteiger partial charge on any atom is -0.331 e. The topological polar surface area (TPSA) is 75.3 Å². The molecule has 2 amide bonds. The summed E-state index contributed by atoms with van der Waals surface area (Å²) in [5, 5.41) is 5.26. The lowest BCUT2D eigenvalue weighted by Crippen LogP contribution is -2.31. The maximum absolute atomic E-state index is 13.7. The Hall–Kier alpha value is -2.41. The Balaban J connectivity index is 2.08. The number of nitrogens with one attached hydrogen (secondary N) is 2. The van der Waals surface area contributed by atoms with Gasteiger partial charge in [0.1, 0.15) is 5.82 Å². The molecule has 2 rings (SSSR count). The van der Waals surface area contributed by atoms with Gasteiger partial charge in [-0.25, -0.2) is 17.6 Å². The van der Waals surface area contributed by atoms with Crippen LogP contribution in [0.3, 0.4) is 0 Å². The molecule has 0 aliphatic rings. The van der Waals surface area contributed by atoms with Crippen LogP contribution < -0.4 is 10.6 Å². The molecule has 7 heteroatoms. The zero-order valence-corrected chi connectivity index (χ0v) is 14.4. The molecule has 0 saturated heterocycles. The van der Waals surface area contributed by atoms with Crippen molar-refractivity contribution < 1.29 is 17.6 Å². The standard InChI is InChI=1S/C17H19FN2O3S/c1-11-10-13(8-9-16(11)24(3,22)23)20-17(21)19-12(2)14-6-4-5-7-15(14)18/h4-10,12H,1-3H3,(H2,19,20,21). The van der Waals surface area contributed by atoms with Gasteiger partial charge in [0.25, 0.3) is 0 Å². The van der Waals surface area contributed by atoms with Crippen LogP contribution in [-0.4, -0.2) is 20.7 Å². The van der Waals surface area contributed by atoms with Gasteiger partial charge in [-0.2, -0.15) is 0 Å². The minimum absolute atomic E-state index is 0.216. The van der Waals surface area contributed by atoms with Crippen LogP contribution in [-0.2, 0) is 9.84 Å². The summed E-state index contributed by atoms with van der Waals surface area (Å²) in [4.78, 5) is 12.3. The molecule has 1 atom stereocenters. The largest absolute Gasteiger partial charge is 0.331 e. The lowest BCUT2D eigenvalue weighted by molar-refractivity contribution is 0.249. The lowest BCUT2D eigenvalue weighted by Gasteiger charge is -2.16. The highest BCUT2D eigenvalue weighted by Gasteiger charge is 2.14. The predicted molar refractivity (Wildman–Crippen MR) is 91.3 cm³/mol. The van der Waals surface area contributed by atoms with E-state index in [4.69, 9.17) is 0 Å². The van der Waals surface area contributed by atoms with Gasteiger partial charge in [-0.1, -0.05) is 18.2 Å². The van der Waals surface area contributed by atoms with Crippen molar-refractivity contribution in [3.8, 4) is 0 Å². The van der Waals surface area contributed by atoms with Crippen LogP contribution in [0, 0.1) is 12.7 Å². The zero-order valence-electron chi connectivity index (χ0n) is 13.6. The third kappa shape index (κ3) is 4.32. The number of carbonyl (C=O) groups excluding carboxylic acids is 1. The second kappa shape index (κ2) is 7.00. The molecule has 1 unspecified atom stereocenters. The number of anilines is 1. The van der Waals surface area contributed by atoms with E-state index in [1.807, 2.05) is 0 Å². The van der Waals surface area contributed by atoms with Gasteiger partial charge in [-0.15, -0.1) is 0 Å². The van der Waals surface area contributed by atoms with Crippen molar-refractivity contribution >= 4 is 21.6 Å². The molecule has 2 aromatic carbocycles. The summed E-state index contributed by atoms with van der Waals surface area (Å²) >= 11 is 0. The van der Waals surface area contributed by atoms with E-state index >= 15 is 0 Å². The fourth-order valence-electron chi connectivity index (χ4n) is 2.41. The van der Waals surface area contributed by atoms with Crippen molar-refractivity contribution in [3.63, 3.8) is 0 Å². The molecule has 0 heterocycles. The second-order valence-corrected chi connectivity index (χ2v) is 7.58. The molecular weight excluding hydrogens is 331 g/mol. The number of sulfone groups is 1. The number of hydrogen-bond acceptors (Lipinski definition) is 3. The molecule has 0 aromatic heterocycles. The van der Waals surface area contributed by atoms with Crippen LogP contribution in [0.5, 0.6) is 0 Å². The van der Waals surface area contributed by atoms with Gasteiger partial charge in [0.15, 0.2) is 9.84 Å². The molecule has 5 nitrogen and oxygen atoms in total. The molecule has 128 valence electrons. The monoisotopic (exact) mass is 350 g/mol. The maximum atomic E-state index is 13.7. The molecular formula is C17H19FN2O3S. The minimum atomic E-state index is -3.31. The second-order valence-electron chi connectivity index (χ2n) is 5.59. The fraction of sp³-hybridized carbons (Fsp3) is 0.235. The Morgan fingerprint density at radius 1 is 1.17 bits per heavy atom. The fourth-order valence-corrected chi connectivity index (χ4v) is 3.37. The van der Waals surface area contributed by atoms with E-state index in [2.05, 4.69) is 10.6 Å². The third-order valence-corrected chi connectivity index (χ3v) is 4.81. The van der Waals surface area contributed by atoms with Gasteiger partial charge in [0.05, 0.1) is 10.9 Å². The number of aryl methyl sites for hydroxylation is 1. The van der Waals surface area contributed by atoms with Crippen LogP contribution in [0.25, 0.3) is 0 Å². The van der Waals surface area contributed by atoms with Gasteiger partial charge in [-0.05, 0) is 43.7 Å². The molecule has 2 aromatic rings. The highest BCUT2D eigenvalue weighted by atomic mass is 32.2. The van der Waals surface area contributed by atoms with E-state index in [0.29, 0.717) is 16.8 Å². The van der Waals surface area contributed by atoms with Gasteiger partial charge < -0.3 is 10.6 Å². The number of benzene rings is 2. The van der Waals surface area contributed by atoms with Gasteiger partial charge in [0.2, 0.25) is 0 Å². The molecule has 24 heavy (non-hydrogen) atoms. The number of hydrogen-bond donors (Lipinski definition) is 2. The van der Waals surface area contributed by atoms with Crippen LogP contribution in [0.1, 0.15) is 24.1 Å². The Labute approximate surface area is 140 Å². The Kier molecular flexibility index (Phi) is 5.23. The van der Waals surface area contributed by atoms with E-state index in [1.165, 1.54) is 18.2 Å². The molecule has 0 aliphatic carbocycles. The van der Waals surface area contributed by atoms with Crippen molar-refractivity contribution in [1.29, 1.82) is 0 Å². The van der Waals surface area contributed by atoms with Crippen LogP contribution in [0.2, 0.25) is 0 Å². The van der Waals surface area contributed by atoms with Crippen molar-refractivity contribution in [2.24, 2.45) is 0 Å². The van der Waals surface area contributed by atoms with Crippen LogP contribution in [0.4, 0.5) is 14.9 Å². The Bertz CT molecular complexity index is 866. The number of rotatable bonds is 4. The SMILES string of the molecule is Cc1cc(NC(=O)NC(C)c2ccccc2F)ccc1S(C)(=O)=O. The molecule has 0 fully saturated rings. The smallest absolute Gasteiger partial charge is 0.319 e. The summed E-state index contributed by atoms with van der Waals surface area (Å²) in [5.41, 5.74) is 1.38. The highest BCUT2D eigenvalue weighted by Crippen LogP contribution is 2.20. The first-order chi connectivity index (χ1) is 11.2. The summed E-state index contributed by atoms with van der Waals surface area (Å²) in [6.45, 7) is 3.33. The van der Waals surface area contributed by atoms with Gasteiger partial charge in [-0.3, -0.25) is 0 Å².